The molecular formula is C34H43N5O4Si. The summed E-state index contributed by atoms with van der Waals surface area (Å²) in [7, 11) is -1.19. The van der Waals surface area contributed by atoms with Crippen molar-refractivity contribution < 1.29 is 19.0 Å². The van der Waals surface area contributed by atoms with Gasteiger partial charge in [-0.1, -0.05) is 75.7 Å². The standard InChI is InChI=1S/C34H43N5O4Si/c1-44(2,3)18-17-41-25-39-33(36-24-37-39)28-19-27(21-35-22-28)31-20-30(43-34(40)38-29-13-9-4-5-10-14-29)15-16-32(31)42-23-26-11-7-6-8-12-26/h6-8,11-12,15-16,19-22,24,29H,4-5,9-10,13-14,17-18,23,25H2,1-3H3,(H,38,40). The van der Waals surface area contributed by atoms with E-state index in [1.807, 2.05) is 48.5 Å². The summed E-state index contributed by atoms with van der Waals surface area (Å²) in [5.41, 5.74) is 3.40. The van der Waals surface area contributed by atoms with Crippen LogP contribution in [0.2, 0.25) is 25.7 Å². The van der Waals surface area contributed by atoms with E-state index in [-0.39, 0.29) is 6.04 Å². The maximum Gasteiger partial charge on any atom is 0.412 e. The predicted octanol–water partition coefficient (Wildman–Crippen LogP) is 7.71. The Morgan fingerprint density at radius 1 is 0.977 bits per heavy atom. The van der Waals surface area contributed by atoms with Crippen LogP contribution in [0, 0.1) is 0 Å². The molecule has 0 unspecified atom stereocenters. The lowest BCUT2D eigenvalue weighted by atomic mass is 10.0. The number of rotatable bonds is 12. The van der Waals surface area contributed by atoms with Crippen LogP contribution in [0.5, 0.6) is 11.5 Å². The highest BCUT2D eigenvalue weighted by Crippen LogP contribution is 2.35. The average Bonchev–Trinajstić information content (AvgIpc) is 3.34. The van der Waals surface area contributed by atoms with Crippen molar-refractivity contribution in [3.05, 3.63) is 78.9 Å². The van der Waals surface area contributed by atoms with Crippen molar-refractivity contribution in [2.45, 2.75) is 83.6 Å². The lowest BCUT2D eigenvalue weighted by Gasteiger charge is -2.17. The quantitative estimate of drug-likeness (QED) is 0.0992. The van der Waals surface area contributed by atoms with Crippen molar-refractivity contribution >= 4 is 14.2 Å². The molecule has 0 atom stereocenters. The Labute approximate surface area is 261 Å². The summed E-state index contributed by atoms with van der Waals surface area (Å²) in [5, 5.41) is 7.44. The zero-order chi connectivity index (χ0) is 30.8. The maximum atomic E-state index is 12.8. The van der Waals surface area contributed by atoms with Crippen molar-refractivity contribution in [1.82, 2.24) is 25.1 Å². The molecule has 2 aromatic heterocycles. The van der Waals surface area contributed by atoms with Gasteiger partial charge >= 0.3 is 6.09 Å². The number of carbonyl (C=O) groups is 1. The number of amides is 1. The van der Waals surface area contributed by atoms with Crippen LogP contribution in [0.1, 0.15) is 44.1 Å². The number of pyridine rings is 1. The van der Waals surface area contributed by atoms with E-state index in [0.29, 0.717) is 37.3 Å². The molecule has 44 heavy (non-hydrogen) atoms. The molecular weight excluding hydrogens is 570 g/mol. The van der Waals surface area contributed by atoms with Crippen LogP contribution in [0.25, 0.3) is 22.5 Å². The van der Waals surface area contributed by atoms with Gasteiger partial charge in [-0.3, -0.25) is 4.98 Å². The molecule has 10 heteroatoms. The third-order valence-electron chi connectivity index (χ3n) is 7.71. The van der Waals surface area contributed by atoms with E-state index >= 15 is 0 Å². The fourth-order valence-electron chi connectivity index (χ4n) is 5.21. The van der Waals surface area contributed by atoms with Crippen molar-refractivity contribution in [1.29, 1.82) is 0 Å². The van der Waals surface area contributed by atoms with Gasteiger partial charge < -0.3 is 19.5 Å². The first kappa shape index (κ1) is 31.4. The molecule has 1 amide bonds. The molecule has 0 radical (unpaired) electrons. The van der Waals surface area contributed by atoms with Crippen molar-refractivity contribution in [2.24, 2.45) is 0 Å². The molecule has 4 aromatic rings. The fraction of sp³-hybridized carbons (Fsp3) is 0.412. The molecule has 1 aliphatic carbocycles. The van der Waals surface area contributed by atoms with Crippen LogP contribution >= 0.6 is 0 Å². The third kappa shape index (κ3) is 9.24. The Bertz CT molecular complexity index is 1500. The summed E-state index contributed by atoms with van der Waals surface area (Å²) < 4.78 is 19.7. The Hall–Kier alpha value is -4.02. The van der Waals surface area contributed by atoms with Gasteiger partial charge in [0.1, 0.15) is 31.2 Å². The Kier molecular flexibility index (Phi) is 10.8. The van der Waals surface area contributed by atoms with Crippen LogP contribution in [0.4, 0.5) is 4.79 Å². The fourth-order valence-corrected chi connectivity index (χ4v) is 5.96. The second-order valence-electron chi connectivity index (χ2n) is 12.5. The number of hydrogen-bond acceptors (Lipinski definition) is 7. The molecule has 2 heterocycles. The molecule has 1 fully saturated rings. The second-order valence-corrected chi connectivity index (χ2v) is 18.2. The minimum Gasteiger partial charge on any atom is -0.488 e. The number of hydrogen-bond donors (Lipinski definition) is 1. The molecule has 0 bridgehead atoms. The summed E-state index contributed by atoms with van der Waals surface area (Å²) in [4.78, 5) is 21.9. The number of aromatic nitrogens is 4. The van der Waals surface area contributed by atoms with E-state index in [9.17, 15) is 4.79 Å². The van der Waals surface area contributed by atoms with E-state index in [1.54, 1.807) is 23.1 Å². The Balaban J connectivity index is 1.37. The molecule has 9 nitrogen and oxygen atoms in total. The van der Waals surface area contributed by atoms with Crippen molar-refractivity contribution in [3.63, 3.8) is 0 Å². The molecule has 1 saturated carbocycles. The normalized spacial score (nSPS) is 14.2. The number of ether oxygens (including phenoxy) is 3. The largest absolute Gasteiger partial charge is 0.488 e. The summed E-state index contributed by atoms with van der Waals surface area (Å²) >= 11 is 0. The first-order chi connectivity index (χ1) is 21.3. The molecule has 0 spiro atoms. The first-order valence-corrected chi connectivity index (χ1v) is 19.3. The minimum atomic E-state index is -1.19. The zero-order valence-corrected chi connectivity index (χ0v) is 27.0. The zero-order valence-electron chi connectivity index (χ0n) is 26.0. The van der Waals surface area contributed by atoms with Gasteiger partial charge in [0.25, 0.3) is 0 Å². The monoisotopic (exact) mass is 613 g/mol. The highest BCUT2D eigenvalue weighted by molar-refractivity contribution is 6.76. The van der Waals surface area contributed by atoms with Gasteiger partial charge in [0.05, 0.1) is 0 Å². The van der Waals surface area contributed by atoms with E-state index in [2.05, 4.69) is 40.0 Å². The molecule has 1 N–H and O–H groups in total. The highest BCUT2D eigenvalue weighted by atomic mass is 28.3. The molecule has 1 aliphatic rings. The van der Waals surface area contributed by atoms with Gasteiger partial charge in [0, 0.05) is 49.8 Å². The summed E-state index contributed by atoms with van der Waals surface area (Å²) in [5.74, 6) is 1.75. The van der Waals surface area contributed by atoms with Crippen LogP contribution < -0.4 is 14.8 Å². The van der Waals surface area contributed by atoms with Crippen LogP contribution in [-0.4, -0.2) is 46.6 Å². The first-order valence-electron chi connectivity index (χ1n) is 15.5. The van der Waals surface area contributed by atoms with Crippen molar-refractivity contribution in [3.8, 4) is 34.0 Å². The smallest absolute Gasteiger partial charge is 0.412 e. The van der Waals surface area contributed by atoms with Gasteiger partial charge in [-0.2, -0.15) is 5.10 Å². The van der Waals surface area contributed by atoms with E-state index in [1.165, 1.54) is 19.2 Å². The van der Waals surface area contributed by atoms with E-state index in [4.69, 9.17) is 14.2 Å². The van der Waals surface area contributed by atoms with Gasteiger partial charge in [0.2, 0.25) is 0 Å². The highest BCUT2D eigenvalue weighted by Gasteiger charge is 2.18. The third-order valence-corrected chi connectivity index (χ3v) is 9.41. The Morgan fingerprint density at radius 3 is 2.52 bits per heavy atom. The molecule has 0 aliphatic heterocycles. The van der Waals surface area contributed by atoms with Gasteiger partial charge in [-0.15, -0.1) is 0 Å². The van der Waals surface area contributed by atoms with Crippen molar-refractivity contribution in [2.75, 3.05) is 6.61 Å². The molecule has 0 saturated heterocycles. The molecule has 232 valence electrons. The van der Waals surface area contributed by atoms with Crippen LogP contribution in [-0.2, 0) is 18.1 Å². The van der Waals surface area contributed by atoms with Gasteiger partial charge in [0.15, 0.2) is 5.82 Å². The topological polar surface area (TPSA) is 100 Å². The number of nitrogens with zero attached hydrogens (tertiary/aromatic N) is 4. The molecule has 2 aromatic carbocycles. The van der Waals surface area contributed by atoms with E-state index < -0.39 is 14.2 Å². The number of nitrogens with one attached hydrogen (secondary N) is 1. The lowest BCUT2D eigenvalue weighted by molar-refractivity contribution is 0.0796. The number of benzene rings is 2. The molecule has 5 rings (SSSR count). The maximum absolute atomic E-state index is 12.8. The predicted molar refractivity (Wildman–Crippen MR) is 174 cm³/mol. The SMILES string of the molecule is C[Si](C)(C)CCOCn1ncnc1-c1cncc(-c2cc(OC(=O)NC3CCCCCC3)ccc2OCc2ccccc2)c1. The minimum absolute atomic E-state index is 0.149. The summed E-state index contributed by atoms with van der Waals surface area (Å²) in [6.45, 7) is 8.39. The Morgan fingerprint density at radius 2 is 1.75 bits per heavy atom. The summed E-state index contributed by atoms with van der Waals surface area (Å²) in [6, 6.07) is 18.7. The summed E-state index contributed by atoms with van der Waals surface area (Å²) in [6.07, 6.45) is 11.3. The average molecular weight is 614 g/mol. The van der Waals surface area contributed by atoms with E-state index in [0.717, 1.165) is 54.0 Å². The number of carbonyl (C=O) groups excluding carboxylic acids is 1. The van der Waals surface area contributed by atoms with Gasteiger partial charge in [-0.25, -0.2) is 14.5 Å². The second kappa shape index (κ2) is 15.1. The van der Waals surface area contributed by atoms with Crippen LogP contribution in [0.3, 0.4) is 0 Å². The lowest BCUT2D eigenvalue weighted by Crippen LogP contribution is -2.36. The van der Waals surface area contributed by atoms with Crippen LogP contribution in [0.15, 0.2) is 73.3 Å². The van der Waals surface area contributed by atoms with Gasteiger partial charge in [-0.05, 0) is 48.7 Å².